The fourth-order valence-corrected chi connectivity index (χ4v) is 1.88. The number of benzene rings is 1. The van der Waals surface area contributed by atoms with Crippen LogP contribution in [0.3, 0.4) is 0 Å². The molecule has 1 atom stereocenters. The largest absolute Gasteiger partial charge is 0.493 e. The molecule has 21 heavy (non-hydrogen) atoms. The Morgan fingerprint density at radius 2 is 2.10 bits per heavy atom. The lowest BCUT2D eigenvalue weighted by molar-refractivity contribution is -0.144. The van der Waals surface area contributed by atoms with Crippen molar-refractivity contribution in [3.05, 3.63) is 23.8 Å². The maximum atomic E-state index is 11.1. The van der Waals surface area contributed by atoms with Gasteiger partial charge in [-0.15, -0.1) is 0 Å². The summed E-state index contributed by atoms with van der Waals surface area (Å²) in [5.74, 6) is 0.252. The molecule has 0 heterocycles. The number of aliphatic hydroxyl groups excluding tert-OH is 1. The van der Waals surface area contributed by atoms with Crippen LogP contribution in [0.2, 0.25) is 0 Å². The number of carboxylic acid groups (broad SMARTS) is 1. The molecule has 1 rings (SSSR count). The van der Waals surface area contributed by atoms with Gasteiger partial charge in [0.1, 0.15) is 5.54 Å². The molecule has 0 saturated heterocycles. The number of methoxy groups -OCH3 is 1. The summed E-state index contributed by atoms with van der Waals surface area (Å²) in [5, 5.41) is 21.0. The lowest BCUT2D eigenvalue weighted by Crippen LogP contribution is -2.47. The fourth-order valence-electron chi connectivity index (χ4n) is 1.88. The Bertz CT molecular complexity index is 477. The Morgan fingerprint density at radius 1 is 1.38 bits per heavy atom. The minimum Gasteiger partial charge on any atom is -0.493 e. The van der Waals surface area contributed by atoms with Gasteiger partial charge in [0.25, 0.3) is 0 Å². The van der Waals surface area contributed by atoms with E-state index in [4.69, 9.17) is 19.7 Å². The van der Waals surface area contributed by atoms with Gasteiger partial charge in [-0.1, -0.05) is 6.07 Å². The molecule has 0 aromatic heterocycles. The van der Waals surface area contributed by atoms with Gasteiger partial charge < -0.3 is 25.0 Å². The molecular weight excluding hydrogens is 274 g/mol. The lowest BCUT2D eigenvalue weighted by atomic mass is 9.96. The minimum atomic E-state index is -0.950. The maximum Gasteiger partial charge on any atom is 0.323 e. The number of hydrogen-bond acceptors (Lipinski definition) is 5. The van der Waals surface area contributed by atoms with E-state index in [1.807, 2.05) is 0 Å². The van der Waals surface area contributed by atoms with Crippen molar-refractivity contribution >= 4 is 5.97 Å². The molecule has 6 nitrogen and oxygen atoms in total. The number of rotatable bonds is 9. The first kappa shape index (κ1) is 17.3. The molecule has 1 unspecified atom stereocenters. The second-order valence-electron chi connectivity index (χ2n) is 4.98. The Balaban J connectivity index is 2.55. The lowest BCUT2D eigenvalue weighted by Gasteiger charge is -2.24. The van der Waals surface area contributed by atoms with Gasteiger partial charge in [0.2, 0.25) is 0 Å². The minimum absolute atomic E-state index is 0.0597. The number of carboxylic acids is 1. The maximum absolute atomic E-state index is 11.1. The van der Waals surface area contributed by atoms with Gasteiger partial charge in [-0.25, -0.2) is 0 Å². The Kier molecular flexibility index (Phi) is 6.45. The van der Waals surface area contributed by atoms with E-state index in [0.717, 1.165) is 5.56 Å². The van der Waals surface area contributed by atoms with Crippen molar-refractivity contribution in [1.29, 1.82) is 0 Å². The summed E-state index contributed by atoms with van der Waals surface area (Å²) in [5.41, 5.74) is -0.207. The molecule has 0 aliphatic rings. The average molecular weight is 297 g/mol. The highest BCUT2D eigenvalue weighted by Gasteiger charge is 2.30. The van der Waals surface area contributed by atoms with Crippen LogP contribution in [0.25, 0.3) is 0 Å². The van der Waals surface area contributed by atoms with Gasteiger partial charge in [0.15, 0.2) is 11.5 Å². The topological polar surface area (TPSA) is 88.0 Å². The molecule has 0 fully saturated rings. The molecular formula is C15H23NO5. The summed E-state index contributed by atoms with van der Waals surface area (Å²) in [7, 11) is 3.16. The van der Waals surface area contributed by atoms with Gasteiger partial charge in [0.05, 0.1) is 20.3 Å². The van der Waals surface area contributed by atoms with E-state index in [-0.39, 0.29) is 6.61 Å². The number of ether oxygens (including phenoxy) is 2. The number of carbonyl (C=O) groups is 1. The third kappa shape index (κ3) is 4.61. The Morgan fingerprint density at radius 3 is 2.62 bits per heavy atom. The van der Waals surface area contributed by atoms with E-state index in [1.54, 1.807) is 32.2 Å². The van der Waals surface area contributed by atoms with Crippen LogP contribution in [0.4, 0.5) is 0 Å². The summed E-state index contributed by atoms with van der Waals surface area (Å²) >= 11 is 0. The highest BCUT2D eigenvalue weighted by Crippen LogP contribution is 2.28. The number of aliphatic carboxylic acids is 1. The van der Waals surface area contributed by atoms with E-state index >= 15 is 0 Å². The van der Waals surface area contributed by atoms with E-state index in [0.29, 0.717) is 30.9 Å². The molecule has 6 heteroatoms. The van der Waals surface area contributed by atoms with Gasteiger partial charge in [-0.3, -0.25) is 4.79 Å². The van der Waals surface area contributed by atoms with Crippen LogP contribution in [0.15, 0.2) is 18.2 Å². The molecule has 1 aromatic rings. The molecule has 0 amide bonds. The second-order valence-corrected chi connectivity index (χ2v) is 4.98. The summed E-state index contributed by atoms with van der Waals surface area (Å²) in [6.07, 6.45) is 1.05. The summed E-state index contributed by atoms with van der Waals surface area (Å²) in [4.78, 5) is 11.1. The van der Waals surface area contributed by atoms with Gasteiger partial charge in [-0.05, 0) is 44.5 Å². The highest BCUT2D eigenvalue weighted by molar-refractivity contribution is 5.78. The van der Waals surface area contributed by atoms with Crippen LogP contribution in [0, 0.1) is 0 Å². The SMILES string of the molecule is CNC(C)(CCCOc1ccc(CO)cc1OC)C(=O)O. The van der Waals surface area contributed by atoms with E-state index in [9.17, 15) is 4.79 Å². The van der Waals surface area contributed by atoms with Crippen molar-refractivity contribution in [3.63, 3.8) is 0 Å². The Hall–Kier alpha value is -1.79. The van der Waals surface area contributed by atoms with Crippen LogP contribution >= 0.6 is 0 Å². The monoisotopic (exact) mass is 297 g/mol. The van der Waals surface area contributed by atoms with Crippen molar-refractivity contribution < 1.29 is 24.5 Å². The zero-order valence-corrected chi connectivity index (χ0v) is 12.7. The van der Waals surface area contributed by atoms with Crippen molar-refractivity contribution in [2.75, 3.05) is 20.8 Å². The number of nitrogens with one attached hydrogen (secondary N) is 1. The van der Waals surface area contributed by atoms with E-state index in [2.05, 4.69) is 5.32 Å². The first-order valence-electron chi connectivity index (χ1n) is 6.79. The molecule has 0 spiro atoms. The van der Waals surface area contributed by atoms with Crippen LogP contribution < -0.4 is 14.8 Å². The zero-order valence-electron chi connectivity index (χ0n) is 12.7. The standard InChI is InChI=1S/C15H23NO5/c1-15(16-2,14(18)19)7-4-8-21-12-6-5-11(10-17)9-13(12)20-3/h5-6,9,16-17H,4,7-8,10H2,1-3H3,(H,18,19). The van der Waals surface area contributed by atoms with Crippen LogP contribution in [0.5, 0.6) is 11.5 Å². The smallest absolute Gasteiger partial charge is 0.323 e. The van der Waals surface area contributed by atoms with Crippen LogP contribution in [-0.2, 0) is 11.4 Å². The first-order chi connectivity index (χ1) is 9.96. The summed E-state index contributed by atoms with van der Waals surface area (Å²) in [6, 6.07) is 5.20. The van der Waals surface area contributed by atoms with Gasteiger partial charge >= 0.3 is 5.97 Å². The highest BCUT2D eigenvalue weighted by atomic mass is 16.5. The first-order valence-corrected chi connectivity index (χ1v) is 6.79. The molecule has 0 saturated carbocycles. The van der Waals surface area contributed by atoms with Crippen molar-refractivity contribution in [3.8, 4) is 11.5 Å². The van der Waals surface area contributed by atoms with Gasteiger partial charge in [0, 0.05) is 0 Å². The third-order valence-corrected chi connectivity index (χ3v) is 3.51. The molecule has 0 aliphatic heterocycles. The fraction of sp³-hybridized carbons (Fsp3) is 0.533. The quantitative estimate of drug-likeness (QED) is 0.597. The van der Waals surface area contributed by atoms with Crippen LogP contribution in [0.1, 0.15) is 25.3 Å². The van der Waals surface area contributed by atoms with Crippen molar-refractivity contribution in [2.45, 2.75) is 31.9 Å². The molecule has 3 N–H and O–H groups in total. The van der Waals surface area contributed by atoms with Crippen molar-refractivity contribution in [2.24, 2.45) is 0 Å². The van der Waals surface area contributed by atoms with Crippen LogP contribution in [-0.4, -0.2) is 42.5 Å². The number of likely N-dealkylation sites (N-methyl/N-ethyl adjacent to an activating group) is 1. The molecule has 0 bridgehead atoms. The second kappa shape index (κ2) is 7.85. The van der Waals surface area contributed by atoms with E-state index in [1.165, 1.54) is 7.11 Å². The predicted molar refractivity (Wildman–Crippen MR) is 78.7 cm³/mol. The molecule has 1 aromatic carbocycles. The normalized spacial score (nSPS) is 13.5. The van der Waals surface area contributed by atoms with Gasteiger partial charge in [-0.2, -0.15) is 0 Å². The third-order valence-electron chi connectivity index (χ3n) is 3.51. The molecule has 0 radical (unpaired) electrons. The number of hydrogen-bond donors (Lipinski definition) is 3. The average Bonchev–Trinajstić information content (AvgIpc) is 2.50. The summed E-state index contributed by atoms with van der Waals surface area (Å²) in [6.45, 7) is 1.97. The molecule has 0 aliphatic carbocycles. The predicted octanol–water partition coefficient (Wildman–Crippen LogP) is 1.41. The van der Waals surface area contributed by atoms with Crippen molar-refractivity contribution in [1.82, 2.24) is 5.32 Å². The summed E-state index contributed by atoms with van der Waals surface area (Å²) < 4.78 is 10.8. The number of aliphatic hydroxyl groups is 1. The zero-order chi connectivity index (χ0) is 15.9. The Labute approximate surface area is 124 Å². The van der Waals surface area contributed by atoms with E-state index < -0.39 is 11.5 Å². The molecule has 118 valence electrons.